The van der Waals surface area contributed by atoms with Gasteiger partial charge in [-0.15, -0.1) is 11.3 Å². The number of ether oxygens (including phenoxy) is 1. The Bertz CT molecular complexity index is 708. The van der Waals surface area contributed by atoms with Gasteiger partial charge in [-0.05, 0) is 54.2 Å². The van der Waals surface area contributed by atoms with Crippen LogP contribution in [0.4, 0.5) is 0 Å². The molecule has 0 N–H and O–H groups in total. The molecule has 124 valence electrons. The summed E-state index contributed by atoms with van der Waals surface area (Å²) in [6.45, 7) is 3.94. The van der Waals surface area contributed by atoms with Gasteiger partial charge in [-0.2, -0.15) is 9.36 Å². The lowest BCUT2D eigenvalue weighted by Gasteiger charge is -2.30. The number of hydrogen-bond donors (Lipinski definition) is 0. The number of thiophene rings is 1. The first-order valence-corrected chi connectivity index (χ1v) is 8.52. The van der Waals surface area contributed by atoms with Crippen LogP contribution in [0, 0.1) is 5.92 Å². The van der Waals surface area contributed by atoms with E-state index in [1.807, 2.05) is 22.4 Å². The molecule has 8 nitrogen and oxygen atoms in total. The molecular weight excluding hydrogens is 318 g/mol. The second kappa shape index (κ2) is 7.05. The smallest absolute Gasteiger partial charge is 0.370 e. The Labute approximate surface area is 137 Å². The van der Waals surface area contributed by atoms with Crippen LogP contribution in [-0.2, 0) is 16.2 Å². The van der Waals surface area contributed by atoms with E-state index in [2.05, 4.69) is 10.4 Å². The van der Waals surface area contributed by atoms with Gasteiger partial charge >= 0.3 is 11.7 Å². The molecule has 0 saturated carbocycles. The van der Waals surface area contributed by atoms with Crippen LogP contribution in [0.15, 0.2) is 22.3 Å². The van der Waals surface area contributed by atoms with E-state index in [1.165, 1.54) is 20.7 Å². The maximum Gasteiger partial charge on any atom is 0.370 e. The molecule has 3 heterocycles. The highest BCUT2D eigenvalue weighted by Gasteiger charge is 2.27. The Hall–Kier alpha value is -2.00. The third-order valence-corrected chi connectivity index (χ3v) is 4.66. The van der Waals surface area contributed by atoms with Crippen LogP contribution < -0.4 is 5.69 Å². The fraction of sp³-hybridized carbons (Fsp3) is 0.571. The average Bonchev–Trinajstić information content (AvgIpc) is 3.19. The van der Waals surface area contributed by atoms with Gasteiger partial charge < -0.3 is 4.74 Å². The van der Waals surface area contributed by atoms with Crippen molar-refractivity contribution >= 4 is 17.3 Å². The van der Waals surface area contributed by atoms with Gasteiger partial charge in [-0.1, -0.05) is 0 Å². The van der Waals surface area contributed by atoms with Gasteiger partial charge in [-0.25, -0.2) is 4.79 Å². The molecule has 1 atom stereocenters. The largest absolute Gasteiger partial charge is 0.466 e. The monoisotopic (exact) mass is 337 g/mol. The zero-order valence-corrected chi connectivity index (χ0v) is 13.7. The second-order valence-corrected chi connectivity index (χ2v) is 6.36. The van der Waals surface area contributed by atoms with Gasteiger partial charge in [0, 0.05) is 6.54 Å². The van der Waals surface area contributed by atoms with E-state index in [-0.39, 0.29) is 17.6 Å². The number of rotatable bonds is 5. The second-order valence-electron chi connectivity index (χ2n) is 5.43. The molecule has 0 spiro atoms. The standard InChI is InChI=1S/C14H19N5O3S/c1-2-22-13(20)11-5-3-7-17(9-11)10-18-14(21)19(16-15-18)12-6-4-8-23-12/h4,6,8,11H,2-3,5,7,9-10H2,1H3/t11-/m0/s1. The van der Waals surface area contributed by atoms with E-state index in [1.54, 1.807) is 6.92 Å². The maximum absolute atomic E-state index is 12.3. The molecule has 3 rings (SSSR count). The minimum absolute atomic E-state index is 0.133. The molecule has 9 heteroatoms. The molecule has 0 radical (unpaired) electrons. The quantitative estimate of drug-likeness (QED) is 0.748. The van der Waals surface area contributed by atoms with Crippen molar-refractivity contribution < 1.29 is 9.53 Å². The van der Waals surface area contributed by atoms with Crippen LogP contribution in [0.25, 0.3) is 5.00 Å². The molecule has 0 aromatic carbocycles. The molecule has 1 aliphatic rings. The van der Waals surface area contributed by atoms with Gasteiger partial charge in [0.15, 0.2) is 0 Å². The lowest BCUT2D eigenvalue weighted by molar-refractivity contribution is -0.150. The van der Waals surface area contributed by atoms with Crippen LogP contribution in [0.3, 0.4) is 0 Å². The molecule has 0 bridgehead atoms. The summed E-state index contributed by atoms with van der Waals surface area (Å²) in [5, 5.41) is 10.5. The van der Waals surface area contributed by atoms with E-state index in [0.717, 1.165) is 24.4 Å². The van der Waals surface area contributed by atoms with Crippen LogP contribution in [0.1, 0.15) is 19.8 Å². The Kier molecular flexibility index (Phi) is 4.87. The lowest BCUT2D eigenvalue weighted by atomic mass is 9.99. The number of esters is 1. The van der Waals surface area contributed by atoms with Crippen molar-refractivity contribution in [3.8, 4) is 5.00 Å². The summed E-state index contributed by atoms with van der Waals surface area (Å²) >= 11 is 1.43. The van der Waals surface area contributed by atoms with Crippen molar-refractivity contribution in [2.24, 2.45) is 5.92 Å². The molecule has 2 aromatic rings. The van der Waals surface area contributed by atoms with E-state index in [4.69, 9.17) is 4.74 Å². The first kappa shape index (κ1) is 15.9. The van der Waals surface area contributed by atoms with Crippen LogP contribution >= 0.6 is 11.3 Å². The summed E-state index contributed by atoms with van der Waals surface area (Å²) in [5.41, 5.74) is -0.272. The maximum atomic E-state index is 12.3. The number of piperidine rings is 1. The first-order chi connectivity index (χ1) is 11.2. The summed E-state index contributed by atoms with van der Waals surface area (Å²) < 4.78 is 7.71. The highest BCUT2D eigenvalue weighted by atomic mass is 32.1. The van der Waals surface area contributed by atoms with Crippen molar-refractivity contribution in [3.05, 3.63) is 28.0 Å². The van der Waals surface area contributed by atoms with Gasteiger partial charge in [0.25, 0.3) is 0 Å². The third kappa shape index (κ3) is 3.50. The first-order valence-electron chi connectivity index (χ1n) is 7.64. The van der Waals surface area contributed by atoms with Crippen molar-refractivity contribution in [1.82, 2.24) is 24.7 Å². The number of carbonyl (C=O) groups excluding carboxylic acids is 1. The predicted octanol–water partition coefficient (Wildman–Crippen LogP) is 0.723. The molecule has 1 fully saturated rings. The summed E-state index contributed by atoms with van der Waals surface area (Å²) in [4.78, 5) is 26.3. The fourth-order valence-corrected chi connectivity index (χ4v) is 3.39. The van der Waals surface area contributed by atoms with Gasteiger partial charge in [0.05, 0.1) is 12.5 Å². The summed E-state index contributed by atoms with van der Waals surface area (Å²) in [5.74, 6) is -0.293. The average molecular weight is 337 g/mol. The highest BCUT2D eigenvalue weighted by Crippen LogP contribution is 2.18. The Morgan fingerprint density at radius 1 is 1.48 bits per heavy atom. The Balaban J connectivity index is 1.68. The summed E-state index contributed by atoms with van der Waals surface area (Å²) in [6.07, 6.45) is 1.73. The number of tetrazole rings is 1. The molecule has 0 unspecified atom stereocenters. The fourth-order valence-electron chi connectivity index (χ4n) is 2.72. The van der Waals surface area contributed by atoms with Crippen LogP contribution in [-0.4, -0.2) is 50.4 Å². The van der Waals surface area contributed by atoms with Crippen LogP contribution in [0.2, 0.25) is 0 Å². The van der Waals surface area contributed by atoms with Crippen molar-refractivity contribution in [3.63, 3.8) is 0 Å². The SMILES string of the molecule is CCOC(=O)[C@H]1CCCN(Cn2nnn(-c3cccs3)c2=O)C1. The molecular formula is C14H19N5O3S. The van der Waals surface area contributed by atoms with E-state index in [9.17, 15) is 9.59 Å². The zero-order chi connectivity index (χ0) is 16.2. The predicted molar refractivity (Wildman–Crippen MR) is 84.4 cm³/mol. The van der Waals surface area contributed by atoms with Crippen LogP contribution in [0.5, 0.6) is 0 Å². The van der Waals surface area contributed by atoms with E-state index < -0.39 is 0 Å². The highest BCUT2D eigenvalue weighted by molar-refractivity contribution is 7.12. The normalized spacial score (nSPS) is 18.9. The number of hydrogen-bond acceptors (Lipinski definition) is 7. The number of nitrogens with zero attached hydrogens (tertiary/aromatic N) is 5. The number of aromatic nitrogens is 4. The summed E-state index contributed by atoms with van der Waals surface area (Å²) in [6, 6.07) is 3.68. The molecule has 0 amide bonds. The third-order valence-electron chi connectivity index (χ3n) is 3.81. The number of carbonyl (C=O) groups is 1. The van der Waals surface area contributed by atoms with Gasteiger partial charge in [0.2, 0.25) is 0 Å². The molecule has 23 heavy (non-hydrogen) atoms. The van der Waals surface area contributed by atoms with Crippen molar-refractivity contribution in [1.29, 1.82) is 0 Å². The van der Waals surface area contributed by atoms with Gasteiger partial charge in [-0.3, -0.25) is 9.69 Å². The topological polar surface area (TPSA) is 82.2 Å². The van der Waals surface area contributed by atoms with Crippen molar-refractivity contribution in [2.45, 2.75) is 26.4 Å². The lowest BCUT2D eigenvalue weighted by Crippen LogP contribution is -2.42. The molecule has 1 saturated heterocycles. The molecule has 1 aliphatic heterocycles. The Morgan fingerprint density at radius 3 is 3.09 bits per heavy atom. The zero-order valence-electron chi connectivity index (χ0n) is 12.9. The minimum atomic E-state index is -0.272. The molecule has 0 aliphatic carbocycles. The summed E-state index contributed by atoms with van der Waals surface area (Å²) in [7, 11) is 0. The Morgan fingerprint density at radius 2 is 2.35 bits per heavy atom. The van der Waals surface area contributed by atoms with Crippen molar-refractivity contribution in [2.75, 3.05) is 19.7 Å². The van der Waals surface area contributed by atoms with E-state index >= 15 is 0 Å². The minimum Gasteiger partial charge on any atom is -0.466 e. The molecule has 2 aromatic heterocycles. The number of likely N-dealkylation sites (tertiary alicyclic amines) is 1. The van der Waals surface area contributed by atoms with E-state index in [0.29, 0.717) is 19.8 Å². The van der Waals surface area contributed by atoms with Gasteiger partial charge in [0.1, 0.15) is 11.7 Å².